The minimum absolute atomic E-state index is 0.157. The van der Waals surface area contributed by atoms with Gasteiger partial charge >= 0.3 is 0 Å². The monoisotopic (exact) mass is 331 g/mol. The van der Waals surface area contributed by atoms with Gasteiger partial charge in [-0.3, -0.25) is 0 Å². The largest absolute Gasteiger partial charge is 0.437 e. The third-order valence-electron chi connectivity index (χ3n) is 3.23. The molecule has 2 aromatic rings. The Balaban J connectivity index is 2.00. The van der Waals surface area contributed by atoms with Gasteiger partial charge < -0.3 is 9.32 Å². The van der Waals surface area contributed by atoms with Gasteiger partial charge in [-0.15, -0.1) is 0 Å². The van der Waals surface area contributed by atoms with E-state index in [1.54, 1.807) is 13.0 Å². The average Bonchev–Trinajstić information content (AvgIpc) is 2.68. The molecule has 0 spiro atoms. The Labute approximate surface area is 116 Å². The van der Waals surface area contributed by atoms with Gasteiger partial charge in [0, 0.05) is 38.9 Å². The van der Waals surface area contributed by atoms with E-state index in [9.17, 15) is 8.78 Å². The normalized spacial score (nSPS) is 19.1. The van der Waals surface area contributed by atoms with E-state index in [1.807, 2.05) is 4.90 Å². The third-order valence-corrected chi connectivity index (χ3v) is 3.63. The summed E-state index contributed by atoms with van der Waals surface area (Å²) in [7, 11) is 0. The maximum atomic E-state index is 13.2. The first-order valence-electron chi connectivity index (χ1n) is 6.01. The summed E-state index contributed by atoms with van der Waals surface area (Å²) in [5.74, 6) is -1.45. The van der Waals surface area contributed by atoms with Crippen LogP contribution in [0.5, 0.6) is 0 Å². The molecule has 0 radical (unpaired) electrons. The van der Waals surface area contributed by atoms with Crippen LogP contribution < -0.4 is 4.90 Å². The summed E-state index contributed by atoms with van der Waals surface area (Å²) in [6, 6.07) is 1.76. The van der Waals surface area contributed by atoms with Crippen LogP contribution in [-0.4, -0.2) is 29.0 Å². The molecule has 0 saturated carbocycles. The highest BCUT2D eigenvalue weighted by molar-refractivity contribution is 9.10. The molecular weight excluding hydrogens is 320 g/mol. The van der Waals surface area contributed by atoms with Crippen LogP contribution in [0.2, 0.25) is 0 Å². The first-order chi connectivity index (χ1) is 8.94. The fraction of sp³-hybridized carbons (Fsp3) is 0.500. The number of rotatable bonds is 1. The first kappa shape index (κ1) is 12.8. The highest BCUT2D eigenvalue weighted by Gasteiger charge is 2.35. The molecule has 1 saturated heterocycles. The highest BCUT2D eigenvalue weighted by Crippen LogP contribution is 2.34. The van der Waals surface area contributed by atoms with Crippen LogP contribution in [0.1, 0.15) is 18.7 Å². The van der Waals surface area contributed by atoms with Crippen molar-refractivity contribution in [1.29, 1.82) is 0 Å². The summed E-state index contributed by atoms with van der Waals surface area (Å²) in [6.45, 7) is 2.29. The maximum absolute atomic E-state index is 13.2. The Bertz CT molecular complexity index is 619. The van der Waals surface area contributed by atoms with E-state index >= 15 is 0 Å². The van der Waals surface area contributed by atoms with Gasteiger partial charge in [0.2, 0.25) is 0 Å². The number of nitrogens with zero attached hydrogens (tertiary/aromatic N) is 3. The van der Waals surface area contributed by atoms with Crippen molar-refractivity contribution in [2.45, 2.75) is 25.7 Å². The van der Waals surface area contributed by atoms with Crippen molar-refractivity contribution in [3.63, 3.8) is 0 Å². The second-order valence-electron chi connectivity index (χ2n) is 4.69. The standard InChI is InChI=1S/C12H12BrF2N3O/c1-7-16-8-6-9(13)17-11(10(8)19-7)18-4-2-12(14,15)3-5-18/h6H,2-5H2,1H3. The summed E-state index contributed by atoms with van der Waals surface area (Å²) in [6.07, 6.45) is -0.314. The number of hydrogen-bond donors (Lipinski definition) is 0. The summed E-state index contributed by atoms with van der Waals surface area (Å²) in [5, 5.41) is 0. The van der Waals surface area contributed by atoms with Crippen molar-refractivity contribution in [1.82, 2.24) is 9.97 Å². The van der Waals surface area contributed by atoms with Gasteiger partial charge in [-0.2, -0.15) is 0 Å². The molecule has 1 aliphatic rings. The van der Waals surface area contributed by atoms with E-state index in [0.717, 1.165) is 0 Å². The molecule has 0 aromatic carbocycles. The molecular formula is C12H12BrF2N3O. The second kappa shape index (κ2) is 4.40. The van der Waals surface area contributed by atoms with Crippen molar-refractivity contribution < 1.29 is 13.2 Å². The molecule has 4 nitrogen and oxygen atoms in total. The smallest absolute Gasteiger partial charge is 0.251 e. The SMILES string of the molecule is Cc1nc2cc(Br)nc(N3CCC(F)(F)CC3)c2o1. The fourth-order valence-corrected chi connectivity index (χ4v) is 2.64. The number of anilines is 1. The Hall–Kier alpha value is -1.24. The van der Waals surface area contributed by atoms with E-state index in [4.69, 9.17) is 4.42 Å². The number of aryl methyl sites for hydroxylation is 1. The quantitative estimate of drug-likeness (QED) is 0.750. The van der Waals surface area contributed by atoms with E-state index in [1.165, 1.54) is 0 Å². The number of fused-ring (bicyclic) bond motifs is 1. The second-order valence-corrected chi connectivity index (χ2v) is 5.51. The minimum Gasteiger partial charge on any atom is -0.437 e. The Morgan fingerprint density at radius 2 is 2.00 bits per heavy atom. The van der Waals surface area contributed by atoms with Crippen LogP contribution in [0.4, 0.5) is 14.6 Å². The summed E-state index contributed by atoms with van der Waals surface area (Å²) in [4.78, 5) is 10.4. The lowest BCUT2D eigenvalue weighted by Crippen LogP contribution is -2.39. The van der Waals surface area contributed by atoms with Crippen LogP contribution in [-0.2, 0) is 0 Å². The van der Waals surface area contributed by atoms with Gasteiger partial charge in [0.15, 0.2) is 17.3 Å². The Morgan fingerprint density at radius 1 is 1.32 bits per heavy atom. The van der Waals surface area contributed by atoms with Gasteiger partial charge in [-0.1, -0.05) is 0 Å². The van der Waals surface area contributed by atoms with Gasteiger partial charge in [0.1, 0.15) is 10.1 Å². The maximum Gasteiger partial charge on any atom is 0.251 e. The predicted molar refractivity (Wildman–Crippen MR) is 70.6 cm³/mol. The van der Waals surface area contributed by atoms with Crippen LogP contribution in [0.25, 0.3) is 11.1 Å². The predicted octanol–water partition coefficient (Wildman–Crippen LogP) is 3.53. The van der Waals surface area contributed by atoms with Crippen molar-refractivity contribution in [2.24, 2.45) is 0 Å². The van der Waals surface area contributed by atoms with E-state index in [0.29, 0.717) is 27.4 Å². The van der Waals surface area contributed by atoms with Crippen molar-refractivity contribution in [3.05, 3.63) is 16.6 Å². The zero-order valence-corrected chi connectivity index (χ0v) is 11.9. The van der Waals surface area contributed by atoms with Crippen LogP contribution >= 0.6 is 15.9 Å². The van der Waals surface area contributed by atoms with Gasteiger partial charge in [-0.25, -0.2) is 18.7 Å². The summed E-state index contributed by atoms with van der Waals surface area (Å²) in [5.41, 5.74) is 1.25. The molecule has 19 heavy (non-hydrogen) atoms. The lowest BCUT2D eigenvalue weighted by atomic mass is 10.1. The number of hydrogen-bond acceptors (Lipinski definition) is 4. The van der Waals surface area contributed by atoms with Crippen LogP contribution in [0.3, 0.4) is 0 Å². The molecule has 0 aliphatic carbocycles. The molecule has 0 bridgehead atoms. The van der Waals surface area contributed by atoms with E-state index in [-0.39, 0.29) is 25.9 Å². The molecule has 102 valence electrons. The summed E-state index contributed by atoms with van der Waals surface area (Å²) < 4.78 is 32.6. The fourth-order valence-electron chi connectivity index (χ4n) is 2.26. The van der Waals surface area contributed by atoms with Gasteiger partial charge in [0.05, 0.1) is 0 Å². The molecule has 1 fully saturated rings. The lowest BCUT2D eigenvalue weighted by molar-refractivity contribution is -0.0221. The topological polar surface area (TPSA) is 42.2 Å². The van der Waals surface area contributed by atoms with E-state index < -0.39 is 5.92 Å². The van der Waals surface area contributed by atoms with Crippen molar-refractivity contribution >= 4 is 32.8 Å². The molecule has 2 aromatic heterocycles. The number of alkyl halides is 2. The lowest BCUT2D eigenvalue weighted by Gasteiger charge is -2.32. The first-order valence-corrected chi connectivity index (χ1v) is 6.80. The molecule has 3 rings (SSSR count). The number of pyridine rings is 1. The highest BCUT2D eigenvalue weighted by atomic mass is 79.9. The van der Waals surface area contributed by atoms with Crippen molar-refractivity contribution in [3.8, 4) is 0 Å². The van der Waals surface area contributed by atoms with Gasteiger partial charge in [0.25, 0.3) is 5.92 Å². The molecule has 0 unspecified atom stereocenters. The average molecular weight is 332 g/mol. The molecule has 7 heteroatoms. The molecule has 0 N–H and O–H groups in total. The third kappa shape index (κ3) is 2.43. The molecule has 1 aliphatic heterocycles. The van der Waals surface area contributed by atoms with Crippen molar-refractivity contribution in [2.75, 3.05) is 18.0 Å². The van der Waals surface area contributed by atoms with Crippen LogP contribution in [0.15, 0.2) is 15.1 Å². The Kier molecular flexibility index (Phi) is 2.96. The zero-order chi connectivity index (χ0) is 13.6. The molecule has 3 heterocycles. The number of halogens is 3. The summed E-state index contributed by atoms with van der Waals surface area (Å²) >= 11 is 3.31. The minimum atomic E-state index is -2.57. The number of oxazole rings is 1. The van der Waals surface area contributed by atoms with Gasteiger partial charge in [-0.05, 0) is 15.9 Å². The number of piperidine rings is 1. The molecule has 0 amide bonds. The van der Waals surface area contributed by atoms with Crippen LogP contribution in [0, 0.1) is 6.92 Å². The number of aromatic nitrogens is 2. The Morgan fingerprint density at radius 3 is 2.68 bits per heavy atom. The molecule has 0 atom stereocenters. The van der Waals surface area contributed by atoms with E-state index in [2.05, 4.69) is 25.9 Å². The zero-order valence-electron chi connectivity index (χ0n) is 10.3.